The van der Waals surface area contributed by atoms with Gasteiger partial charge >= 0.3 is 5.97 Å². The molecule has 4 heteroatoms. The molecule has 3 rings (SSSR count). The van der Waals surface area contributed by atoms with Crippen molar-refractivity contribution in [2.24, 2.45) is 0 Å². The van der Waals surface area contributed by atoms with Gasteiger partial charge in [-0.1, -0.05) is 24.3 Å². The number of carbonyl (C=O) groups is 2. The highest BCUT2D eigenvalue weighted by Crippen LogP contribution is 2.25. The van der Waals surface area contributed by atoms with Crippen molar-refractivity contribution in [3.63, 3.8) is 0 Å². The highest BCUT2D eigenvalue weighted by Gasteiger charge is 2.10. The van der Waals surface area contributed by atoms with Crippen LogP contribution in [-0.4, -0.2) is 18.9 Å². The number of fused-ring (bicyclic) bond motifs is 1. The number of hydrogen-bond acceptors (Lipinski definition) is 4. The molecule has 0 saturated heterocycles. The molecule has 0 amide bonds. The van der Waals surface area contributed by atoms with Crippen LogP contribution in [-0.2, 0) is 0 Å². The first-order valence-electron chi connectivity index (χ1n) is 7.48. The summed E-state index contributed by atoms with van der Waals surface area (Å²) in [6.07, 6.45) is 0. The van der Waals surface area contributed by atoms with Crippen molar-refractivity contribution < 1.29 is 19.1 Å². The zero-order chi connectivity index (χ0) is 17.1. The Kier molecular flexibility index (Phi) is 4.29. The Balaban J connectivity index is 1.83. The molecule has 24 heavy (non-hydrogen) atoms. The molecule has 3 aromatic carbocycles. The van der Waals surface area contributed by atoms with E-state index in [1.807, 2.05) is 24.3 Å². The Morgan fingerprint density at radius 3 is 1.96 bits per heavy atom. The predicted octanol–water partition coefficient (Wildman–Crippen LogP) is 4.27. The van der Waals surface area contributed by atoms with Crippen LogP contribution in [0.3, 0.4) is 0 Å². The van der Waals surface area contributed by atoms with Crippen molar-refractivity contribution in [3.05, 3.63) is 71.8 Å². The van der Waals surface area contributed by atoms with Crippen molar-refractivity contribution in [3.8, 4) is 11.5 Å². The summed E-state index contributed by atoms with van der Waals surface area (Å²) in [7, 11) is 1.61. The molecule has 3 aromatic rings. The summed E-state index contributed by atoms with van der Waals surface area (Å²) in [5, 5.41) is 1.95. The number of carbonyl (C=O) groups excluding carboxylic acids is 2. The van der Waals surface area contributed by atoms with E-state index in [1.165, 1.54) is 6.92 Å². The highest BCUT2D eigenvalue weighted by atomic mass is 16.5. The van der Waals surface area contributed by atoms with Crippen LogP contribution < -0.4 is 9.47 Å². The van der Waals surface area contributed by atoms with Crippen molar-refractivity contribution in [1.29, 1.82) is 0 Å². The van der Waals surface area contributed by atoms with Gasteiger partial charge in [0.25, 0.3) is 0 Å². The standard InChI is InChI=1S/C20H16O4/c1-13(21)14-3-5-16(6-4-14)20(22)24-19-10-8-15-7-9-18(23-2)11-17(15)12-19/h3-12H,1-2H3. The second-order valence-electron chi connectivity index (χ2n) is 5.40. The van der Waals surface area contributed by atoms with Gasteiger partial charge in [0.15, 0.2) is 5.78 Å². The van der Waals surface area contributed by atoms with Crippen molar-refractivity contribution in [2.45, 2.75) is 6.92 Å². The maximum Gasteiger partial charge on any atom is 0.343 e. The van der Waals surface area contributed by atoms with E-state index >= 15 is 0 Å². The predicted molar refractivity (Wildman–Crippen MR) is 91.9 cm³/mol. The molecule has 0 aromatic heterocycles. The average molecular weight is 320 g/mol. The maximum atomic E-state index is 12.2. The van der Waals surface area contributed by atoms with Crippen molar-refractivity contribution in [1.82, 2.24) is 0 Å². The van der Waals surface area contributed by atoms with Crippen molar-refractivity contribution in [2.75, 3.05) is 7.11 Å². The zero-order valence-electron chi connectivity index (χ0n) is 13.4. The van der Waals surface area contributed by atoms with E-state index in [4.69, 9.17) is 9.47 Å². The lowest BCUT2D eigenvalue weighted by Crippen LogP contribution is -2.08. The van der Waals surface area contributed by atoms with Gasteiger partial charge in [0.2, 0.25) is 0 Å². The van der Waals surface area contributed by atoms with Crippen LogP contribution in [0.5, 0.6) is 11.5 Å². The number of hydrogen-bond donors (Lipinski definition) is 0. The van der Waals surface area contributed by atoms with Gasteiger partial charge in [-0.3, -0.25) is 4.79 Å². The van der Waals surface area contributed by atoms with Crippen LogP contribution >= 0.6 is 0 Å². The summed E-state index contributed by atoms with van der Waals surface area (Å²) in [5.74, 6) is 0.688. The lowest BCUT2D eigenvalue weighted by atomic mass is 10.1. The van der Waals surface area contributed by atoms with E-state index in [9.17, 15) is 9.59 Å². The third-order valence-corrected chi connectivity index (χ3v) is 3.76. The number of Topliss-reactive ketones (excluding diaryl/α,β-unsaturated/α-hetero) is 1. The Morgan fingerprint density at radius 2 is 1.33 bits per heavy atom. The lowest BCUT2D eigenvalue weighted by Gasteiger charge is -2.07. The van der Waals surface area contributed by atoms with Crippen LogP contribution in [0.1, 0.15) is 27.6 Å². The van der Waals surface area contributed by atoms with Crippen molar-refractivity contribution >= 4 is 22.5 Å². The van der Waals surface area contributed by atoms with Crippen LogP contribution in [0.2, 0.25) is 0 Å². The molecule has 0 radical (unpaired) electrons. The minimum absolute atomic E-state index is 0.0432. The summed E-state index contributed by atoms with van der Waals surface area (Å²) < 4.78 is 10.6. The molecule has 0 N–H and O–H groups in total. The second-order valence-corrected chi connectivity index (χ2v) is 5.40. The third kappa shape index (κ3) is 3.27. The number of methoxy groups -OCH3 is 1. The Morgan fingerprint density at radius 1 is 0.750 bits per heavy atom. The Hall–Kier alpha value is -3.14. The molecule has 0 unspecified atom stereocenters. The largest absolute Gasteiger partial charge is 0.497 e. The molecule has 0 heterocycles. The first-order valence-corrected chi connectivity index (χ1v) is 7.48. The minimum Gasteiger partial charge on any atom is -0.497 e. The molecule has 0 aliphatic heterocycles. The lowest BCUT2D eigenvalue weighted by molar-refractivity contribution is 0.0734. The summed E-state index contributed by atoms with van der Waals surface area (Å²) in [6, 6.07) is 17.5. The summed E-state index contributed by atoms with van der Waals surface area (Å²) in [4.78, 5) is 23.5. The van der Waals surface area contributed by atoms with Gasteiger partial charge in [-0.25, -0.2) is 4.79 Å². The molecule has 0 atom stereocenters. The summed E-state index contributed by atoms with van der Waals surface area (Å²) in [5.41, 5.74) is 0.954. The molecular formula is C20H16O4. The molecule has 0 bridgehead atoms. The molecular weight excluding hydrogens is 304 g/mol. The fraction of sp³-hybridized carbons (Fsp3) is 0.100. The Bertz CT molecular complexity index is 911. The number of rotatable bonds is 4. The fourth-order valence-corrected chi connectivity index (χ4v) is 2.40. The molecule has 4 nitrogen and oxygen atoms in total. The van der Waals surface area contributed by atoms with Gasteiger partial charge in [-0.2, -0.15) is 0 Å². The van der Waals surface area contributed by atoms with E-state index in [-0.39, 0.29) is 5.78 Å². The number of esters is 1. The zero-order valence-corrected chi connectivity index (χ0v) is 13.4. The first-order chi connectivity index (χ1) is 11.6. The normalized spacial score (nSPS) is 10.4. The molecule has 0 aliphatic rings. The minimum atomic E-state index is -0.465. The van der Waals surface area contributed by atoms with Crippen LogP contribution in [0.4, 0.5) is 0 Å². The second kappa shape index (κ2) is 6.54. The average Bonchev–Trinajstić information content (AvgIpc) is 2.61. The molecule has 0 saturated carbocycles. The molecule has 0 aliphatic carbocycles. The van der Waals surface area contributed by atoms with Gasteiger partial charge in [0.05, 0.1) is 12.7 Å². The van der Waals surface area contributed by atoms with Crippen LogP contribution in [0.15, 0.2) is 60.7 Å². The topological polar surface area (TPSA) is 52.6 Å². The molecule has 0 fully saturated rings. The smallest absolute Gasteiger partial charge is 0.343 e. The van der Waals surface area contributed by atoms with E-state index in [0.717, 1.165) is 16.5 Å². The SMILES string of the molecule is COc1ccc2ccc(OC(=O)c3ccc(C(C)=O)cc3)cc2c1. The number of benzene rings is 3. The van der Waals surface area contributed by atoms with Gasteiger partial charge < -0.3 is 9.47 Å². The maximum absolute atomic E-state index is 12.2. The Labute approximate surface area is 139 Å². The monoisotopic (exact) mass is 320 g/mol. The summed E-state index contributed by atoms with van der Waals surface area (Å²) >= 11 is 0. The quantitative estimate of drug-likeness (QED) is 0.409. The van der Waals surface area contributed by atoms with E-state index in [0.29, 0.717) is 16.9 Å². The van der Waals surface area contributed by atoms with Crippen LogP contribution in [0.25, 0.3) is 10.8 Å². The van der Waals surface area contributed by atoms with Crippen LogP contribution in [0, 0.1) is 0 Å². The molecule has 0 spiro atoms. The summed E-state index contributed by atoms with van der Waals surface area (Å²) in [6.45, 7) is 1.48. The van der Waals surface area contributed by atoms with E-state index in [1.54, 1.807) is 43.5 Å². The number of ketones is 1. The van der Waals surface area contributed by atoms with Gasteiger partial charge in [0, 0.05) is 5.56 Å². The van der Waals surface area contributed by atoms with Gasteiger partial charge in [-0.05, 0) is 54.1 Å². The van der Waals surface area contributed by atoms with Gasteiger partial charge in [0.1, 0.15) is 11.5 Å². The molecule has 120 valence electrons. The van der Waals surface area contributed by atoms with E-state index in [2.05, 4.69) is 0 Å². The highest BCUT2D eigenvalue weighted by molar-refractivity contribution is 5.96. The van der Waals surface area contributed by atoms with Gasteiger partial charge in [-0.15, -0.1) is 0 Å². The van der Waals surface area contributed by atoms with E-state index < -0.39 is 5.97 Å². The fourth-order valence-electron chi connectivity index (χ4n) is 2.40. The number of ether oxygens (including phenoxy) is 2. The first kappa shape index (κ1) is 15.7. The third-order valence-electron chi connectivity index (χ3n) is 3.76.